The minimum atomic E-state index is -0.875. The molecule has 0 aliphatic carbocycles. The van der Waals surface area contributed by atoms with Gasteiger partial charge in [-0.3, -0.25) is 14.4 Å². The van der Waals surface area contributed by atoms with E-state index in [9.17, 15) is 14.4 Å². The fourth-order valence-electron chi connectivity index (χ4n) is 3.60. The smallest absolute Gasteiger partial charge is 0.308 e. The summed E-state index contributed by atoms with van der Waals surface area (Å²) in [6.45, 7) is 1.12. The van der Waals surface area contributed by atoms with E-state index in [2.05, 4.69) is 0 Å². The third-order valence-corrected chi connectivity index (χ3v) is 4.99. The average Bonchev–Trinajstić information content (AvgIpc) is 3.32. The van der Waals surface area contributed by atoms with Crippen LogP contribution in [0.4, 0.5) is 5.69 Å². The number of nitrogens with zero attached hydrogens (tertiary/aromatic N) is 2. The highest BCUT2D eigenvalue weighted by atomic mass is 16.7. The van der Waals surface area contributed by atoms with Gasteiger partial charge >= 0.3 is 5.97 Å². The highest BCUT2D eigenvalue weighted by Gasteiger charge is 2.40. The summed E-state index contributed by atoms with van der Waals surface area (Å²) >= 11 is 0. The molecule has 2 atom stereocenters. The zero-order valence-electron chi connectivity index (χ0n) is 13.5. The van der Waals surface area contributed by atoms with Gasteiger partial charge in [0.05, 0.1) is 11.8 Å². The van der Waals surface area contributed by atoms with Crippen LogP contribution in [-0.2, 0) is 14.4 Å². The van der Waals surface area contributed by atoms with Gasteiger partial charge in [0, 0.05) is 37.8 Å². The molecule has 1 N–H and O–H groups in total. The molecule has 0 saturated carbocycles. The molecular weight excluding hydrogens is 328 g/mol. The molecule has 2 amide bonds. The number of anilines is 1. The van der Waals surface area contributed by atoms with Gasteiger partial charge in [0.25, 0.3) is 0 Å². The lowest BCUT2D eigenvalue weighted by molar-refractivity contribution is -0.141. The number of carboxylic acid groups (broad SMARTS) is 1. The number of carboxylic acids is 1. The van der Waals surface area contributed by atoms with Crippen molar-refractivity contribution < 1.29 is 29.0 Å². The molecule has 3 aliphatic heterocycles. The molecule has 0 bridgehead atoms. The number of hydrogen-bond donors (Lipinski definition) is 1. The first kappa shape index (κ1) is 15.7. The maximum Gasteiger partial charge on any atom is 0.308 e. The van der Waals surface area contributed by atoms with Crippen molar-refractivity contribution in [3.05, 3.63) is 18.2 Å². The molecule has 1 aromatic rings. The van der Waals surface area contributed by atoms with Crippen molar-refractivity contribution in [2.24, 2.45) is 11.8 Å². The highest BCUT2D eigenvalue weighted by molar-refractivity contribution is 6.00. The minimum Gasteiger partial charge on any atom is -0.481 e. The summed E-state index contributed by atoms with van der Waals surface area (Å²) in [5, 5.41) is 9.07. The fourth-order valence-corrected chi connectivity index (χ4v) is 3.60. The summed E-state index contributed by atoms with van der Waals surface area (Å²) in [5.74, 6) is -0.855. The standard InChI is InChI=1S/C17H18N2O6/c20-15-5-11(16(21)18-4-3-10(7-18)17(22)23)8-19(15)12-1-2-13-14(6-12)25-9-24-13/h1-2,6,10-11H,3-5,7-9H2,(H,22,23)/t10-,11-/m1/s1. The molecule has 8 nitrogen and oxygen atoms in total. The predicted octanol–water partition coefficient (Wildman–Crippen LogP) is 0.701. The van der Waals surface area contributed by atoms with Crippen molar-refractivity contribution in [1.82, 2.24) is 4.90 Å². The third kappa shape index (κ3) is 2.77. The van der Waals surface area contributed by atoms with Gasteiger partial charge in [-0.2, -0.15) is 0 Å². The topological polar surface area (TPSA) is 96.4 Å². The van der Waals surface area contributed by atoms with Gasteiger partial charge in [-0.05, 0) is 18.6 Å². The molecule has 4 rings (SSSR count). The maximum absolute atomic E-state index is 12.6. The van der Waals surface area contributed by atoms with Crippen LogP contribution in [0.25, 0.3) is 0 Å². The van der Waals surface area contributed by atoms with Crippen LogP contribution in [0.15, 0.2) is 18.2 Å². The van der Waals surface area contributed by atoms with E-state index in [0.717, 1.165) is 0 Å². The van der Waals surface area contributed by atoms with Gasteiger partial charge in [0.2, 0.25) is 18.6 Å². The number of amides is 2. The SMILES string of the molecule is O=C(O)[C@@H]1CCN(C(=O)[C@@H]2CC(=O)N(c3ccc4c(c3)OCO4)C2)C1. The van der Waals surface area contributed by atoms with Gasteiger partial charge in [0.15, 0.2) is 11.5 Å². The van der Waals surface area contributed by atoms with Crippen LogP contribution in [-0.4, -0.2) is 54.2 Å². The second-order valence-electron chi connectivity index (χ2n) is 6.55. The van der Waals surface area contributed by atoms with Crippen molar-refractivity contribution in [3.63, 3.8) is 0 Å². The Morgan fingerprint density at radius 2 is 1.92 bits per heavy atom. The Morgan fingerprint density at radius 1 is 1.12 bits per heavy atom. The van der Waals surface area contributed by atoms with Crippen LogP contribution >= 0.6 is 0 Å². The summed E-state index contributed by atoms with van der Waals surface area (Å²) in [4.78, 5) is 39.2. The Labute approximate surface area is 143 Å². The monoisotopic (exact) mass is 346 g/mol. The molecule has 2 fully saturated rings. The van der Waals surface area contributed by atoms with Crippen LogP contribution in [0.5, 0.6) is 11.5 Å². The van der Waals surface area contributed by atoms with Crippen LogP contribution < -0.4 is 14.4 Å². The number of carbonyl (C=O) groups is 3. The number of likely N-dealkylation sites (tertiary alicyclic amines) is 1. The first-order valence-corrected chi connectivity index (χ1v) is 8.24. The van der Waals surface area contributed by atoms with Crippen LogP contribution in [0.3, 0.4) is 0 Å². The number of aliphatic carboxylic acids is 1. The van der Waals surface area contributed by atoms with E-state index in [1.165, 1.54) is 0 Å². The van der Waals surface area contributed by atoms with Gasteiger partial charge in [-0.15, -0.1) is 0 Å². The first-order chi connectivity index (χ1) is 12.0. The summed E-state index contributed by atoms with van der Waals surface area (Å²) in [6.07, 6.45) is 0.606. The number of carbonyl (C=O) groups excluding carboxylic acids is 2. The second kappa shape index (κ2) is 5.94. The molecule has 0 aromatic heterocycles. The van der Waals surface area contributed by atoms with Gasteiger partial charge in [-0.25, -0.2) is 0 Å². The molecular formula is C17H18N2O6. The fraction of sp³-hybridized carbons (Fsp3) is 0.471. The molecule has 0 unspecified atom stereocenters. The van der Waals surface area contributed by atoms with E-state index in [1.54, 1.807) is 28.0 Å². The lowest BCUT2D eigenvalue weighted by Crippen LogP contribution is -2.36. The molecule has 3 heterocycles. The number of rotatable bonds is 3. The zero-order chi connectivity index (χ0) is 17.6. The number of ether oxygens (including phenoxy) is 2. The lowest BCUT2D eigenvalue weighted by Gasteiger charge is -2.21. The van der Waals surface area contributed by atoms with E-state index < -0.39 is 17.8 Å². The van der Waals surface area contributed by atoms with Crippen LogP contribution in [0.2, 0.25) is 0 Å². The Kier molecular flexibility index (Phi) is 3.74. The Hall–Kier alpha value is -2.77. The number of benzene rings is 1. The summed E-state index contributed by atoms with van der Waals surface area (Å²) in [5.41, 5.74) is 0.675. The van der Waals surface area contributed by atoms with E-state index in [4.69, 9.17) is 14.6 Å². The van der Waals surface area contributed by atoms with Crippen molar-refractivity contribution >= 4 is 23.5 Å². The summed E-state index contributed by atoms with van der Waals surface area (Å²) < 4.78 is 10.6. The maximum atomic E-state index is 12.6. The van der Waals surface area contributed by atoms with Crippen molar-refractivity contribution in [1.29, 1.82) is 0 Å². The summed E-state index contributed by atoms with van der Waals surface area (Å²) in [6, 6.07) is 5.26. The van der Waals surface area contributed by atoms with E-state index in [1.807, 2.05) is 0 Å². The van der Waals surface area contributed by atoms with E-state index in [-0.39, 0.29) is 31.6 Å². The minimum absolute atomic E-state index is 0.119. The number of hydrogen-bond acceptors (Lipinski definition) is 5. The summed E-state index contributed by atoms with van der Waals surface area (Å²) in [7, 11) is 0. The Balaban J connectivity index is 1.45. The molecule has 8 heteroatoms. The van der Waals surface area contributed by atoms with E-state index in [0.29, 0.717) is 36.7 Å². The largest absolute Gasteiger partial charge is 0.481 e. The Bertz CT molecular complexity index is 749. The zero-order valence-corrected chi connectivity index (χ0v) is 13.5. The van der Waals surface area contributed by atoms with E-state index >= 15 is 0 Å². The number of fused-ring (bicyclic) bond motifs is 1. The quantitative estimate of drug-likeness (QED) is 0.865. The molecule has 0 spiro atoms. The molecule has 3 aliphatic rings. The van der Waals surface area contributed by atoms with Crippen molar-refractivity contribution in [3.8, 4) is 11.5 Å². The van der Waals surface area contributed by atoms with Gasteiger partial charge < -0.3 is 24.4 Å². The average molecular weight is 346 g/mol. The first-order valence-electron chi connectivity index (χ1n) is 8.24. The third-order valence-electron chi connectivity index (χ3n) is 4.99. The molecule has 1 aromatic carbocycles. The molecule has 25 heavy (non-hydrogen) atoms. The van der Waals surface area contributed by atoms with Crippen molar-refractivity contribution in [2.75, 3.05) is 31.3 Å². The van der Waals surface area contributed by atoms with Gasteiger partial charge in [-0.1, -0.05) is 0 Å². The normalized spacial score (nSPS) is 24.9. The molecule has 0 radical (unpaired) electrons. The van der Waals surface area contributed by atoms with Gasteiger partial charge in [0.1, 0.15) is 0 Å². The molecule has 132 valence electrons. The molecule has 2 saturated heterocycles. The second-order valence-corrected chi connectivity index (χ2v) is 6.55. The van der Waals surface area contributed by atoms with Crippen molar-refractivity contribution in [2.45, 2.75) is 12.8 Å². The predicted molar refractivity (Wildman–Crippen MR) is 85.3 cm³/mol. The highest BCUT2D eigenvalue weighted by Crippen LogP contribution is 2.37. The van der Waals surface area contributed by atoms with Crippen LogP contribution in [0, 0.1) is 11.8 Å². The Morgan fingerprint density at radius 3 is 2.68 bits per heavy atom. The van der Waals surface area contributed by atoms with Crippen LogP contribution in [0.1, 0.15) is 12.8 Å². The lowest BCUT2D eigenvalue weighted by atomic mass is 10.1.